The van der Waals surface area contributed by atoms with Crippen LogP contribution in [0.5, 0.6) is 0 Å². The van der Waals surface area contributed by atoms with Gasteiger partial charge in [0, 0.05) is 24.6 Å². The van der Waals surface area contributed by atoms with Gasteiger partial charge in [-0.25, -0.2) is 4.79 Å². The van der Waals surface area contributed by atoms with E-state index in [4.69, 9.17) is 14.5 Å². The Morgan fingerprint density at radius 2 is 1.97 bits per heavy atom. The van der Waals surface area contributed by atoms with Gasteiger partial charge < -0.3 is 19.5 Å². The number of likely N-dealkylation sites (tertiary alicyclic amines) is 1. The maximum atomic E-state index is 12.7. The molecule has 0 saturated carbocycles. The fourth-order valence-electron chi connectivity index (χ4n) is 4.46. The van der Waals surface area contributed by atoms with Gasteiger partial charge in [-0.05, 0) is 55.2 Å². The molecule has 4 rings (SSSR count). The van der Waals surface area contributed by atoms with E-state index in [9.17, 15) is 9.90 Å². The zero-order valence-electron chi connectivity index (χ0n) is 19.8. The topological polar surface area (TPSA) is 71.4 Å². The molecule has 0 spiro atoms. The van der Waals surface area contributed by atoms with Crippen LogP contribution in [0.1, 0.15) is 39.2 Å². The van der Waals surface area contributed by atoms with E-state index >= 15 is 0 Å². The van der Waals surface area contributed by atoms with Crippen molar-refractivity contribution in [1.29, 1.82) is 0 Å². The quantitative estimate of drug-likeness (QED) is 0.668. The lowest BCUT2D eigenvalue weighted by atomic mass is 9.86. The average molecular weight is 451 g/mol. The number of ether oxygens (including phenoxy) is 2. The number of nitrogens with zero attached hydrogens (tertiary/aromatic N) is 2. The van der Waals surface area contributed by atoms with E-state index in [2.05, 4.69) is 36.4 Å². The van der Waals surface area contributed by atoms with Crippen molar-refractivity contribution in [2.24, 2.45) is 10.9 Å². The van der Waals surface area contributed by atoms with E-state index in [1.54, 1.807) is 4.90 Å². The molecular formula is C27H34N2O4. The van der Waals surface area contributed by atoms with Gasteiger partial charge in [-0.1, -0.05) is 42.5 Å². The van der Waals surface area contributed by atoms with Gasteiger partial charge in [0.15, 0.2) is 0 Å². The number of benzene rings is 2. The lowest BCUT2D eigenvalue weighted by Crippen LogP contribution is -2.51. The molecule has 0 aromatic heterocycles. The molecular weight excluding hydrogens is 416 g/mol. The molecule has 2 heterocycles. The van der Waals surface area contributed by atoms with Crippen LogP contribution in [0.3, 0.4) is 0 Å². The van der Waals surface area contributed by atoms with Crippen LogP contribution in [0, 0.1) is 5.92 Å². The summed E-state index contributed by atoms with van der Waals surface area (Å²) in [6.45, 7) is 7.80. The first-order valence-electron chi connectivity index (χ1n) is 11.7. The molecule has 1 saturated heterocycles. The first kappa shape index (κ1) is 23.5. The van der Waals surface area contributed by atoms with Gasteiger partial charge in [-0.15, -0.1) is 0 Å². The molecule has 1 fully saturated rings. The number of carbonyl (C=O) groups is 1. The molecule has 2 aromatic carbocycles. The van der Waals surface area contributed by atoms with Gasteiger partial charge in [0.25, 0.3) is 0 Å². The van der Waals surface area contributed by atoms with Crippen LogP contribution in [0.2, 0.25) is 0 Å². The summed E-state index contributed by atoms with van der Waals surface area (Å²) in [7, 11) is 0. The lowest BCUT2D eigenvalue weighted by molar-refractivity contribution is -0.0390. The third-order valence-corrected chi connectivity index (χ3v) is 6.21. The Morgan fingerprint density at radius 3 is 2.67 bits per heavy atom. The van der Waals surface area contributed by atoms with E-state index in [1.807, 2.05) is 32.9 Å². The number of amides is 1. The predicted octanol–water partition coefficient (Wildman–Crippen LogP) is 4.75. The molecule has 0 radical (unpaired) electrons. The molecule has 0 bridgehead atoms. The van der Waals surface area contributed by atoms with Crippen molar-refractivity contribution in [1.82, 2.24) is 4.90 Å². The van der Waals surface area contributed by atoms with Crippen molar-refractivity contribution in [3.8, 4) is 0 Å². The molecule has 0 aliphatic carbocycles. The van der Waals surface area contributed by atoms with Crippen LogP contribution in [-0.4, -0.2) is 59.8 Å². The van der Waals surface area contributed by atoms with E-state index in [-0.39, 0.29) is 24.7 Å². The molecule has 2 aromatic rings. The van der Waals surface area contributed by atoms with E-state index in [0.29, 0.717) is 26.2 Å². The molecule has 1 amide bonds. The van der Waals surface area contributed by atoms with Crippen LogP contribution in [0.25, 0.3) is 10.8 Å². The Bertz CT molecular complexity index is 1050. The van der Waals surface area contributed by atoms with Gasteiger partial charge >= 0.3 is 6.09 Å². The Labute approximate surface area is 195 Å². The highest BCUT2D eigenvalue weighted by molar-refractivity contribution is 5.90. The van der Waals surface area contributed by atoms with E-state index < -0.39 is 5.60 Å². The van der Waals surface area contributed by atoms with Crippen LogP contribution in [-0.2, 0) is 16.1 Å². The summed E-state index contributed by atoms with van der Waals surface area (Å²) < 4.78 is 12.1. The third-order valence-electron chi connectivity index (χ3n) is 6.21. The highest BCUT2D eigenvalue weighted by Crippen LogP contribution is 2.28. The van der Waals surface area contributed by atoms with Gasteiger partial charge in [-0.2, -0.15) is 0 Å². The number of rotatable bonds is 5. The smallest absolute Gasteiger partial charge is 0.410 e. The van der Waals surface area contributed by atoms with Crippen molar-refractivity contribution < 1.29 is 19.4 Å². The summed E-state index contributed by atoms with van der Waals surface area (Å²) in [5, 5.41) is 11.8. The molecule has 6 nitrogen and oxygen atoms in total. The van der Waals surface area contributed by atoms with Crippen molar-refractivity contribution in [2.45, 2.75) is 51.9 Å². The minimum absolute atomic E-state index is 0.0513. The molecule has 2 atom stereocenters. The number of fused-ring (bicyclic) bond motifs is 1. The fraction of sp³-hybridized carbons (Fsp3) is 0.481. The standard InChI is InChI=1S/C27H34N2O4/c1-27(2,3)33-26(31)29-13-12-23(24-11-9-20(17-30)15-28-24)25(16-29)32-18-19-8-10-21-6-4-5-7-22(21)14-19/h4-10,14,23,25,30H,11-13,15-18H2,1-3H3. The summed E-state index contributed by atoms with van der Waals surface area (Å²) in [4.78, 5) is 19.2. The number of hydrogen-bond acceptors (Lipinski definition) is 5. The number of dihydropyridines is 1. The first-order valence-corrected chi connectivity index (χ1v) is 11.7. The SMILES string of the molecule is CC(C)(C)OC(=O)N1CCC(C2=NCC(CO)=CC2)C(OCc2ccc3ccccc3c2)C1. The Kier molecular flexibility index (Phi) is 7.15. The summed E-state index contributed by atoms with van der Waals surface area (Å²) >= 11 is 0. The largest absolute Gasteiger partial charge is 0.444 e. The number of hydrogen-bond donors (Lipinski definition) is 1. The summed E-state index contributed by atoms with van der Waals surface area (Å²) in [6, 6.07) is 14.7. The molecule has 2 aliphatic rings. The molecule has 1 N–H and O–H groups in total. The van der Waals surface area contributed by atoms with Crippen LogP contribution in [0.15, 0.2) is 59.1 Å². The molecule has 33 heavy (non-hydrogen) atoms. The normalized spacial score (nSPS) is 21.5. The fourth-order valence-corrected chi connectivity index (χ4v) is 4.46. The number of aliphatic imine (C=N–C) groups is 1. The zero-order valence-corrected chi connectivity index (χ0v) is 19.8. The van der Waals surface area contributed by atoms with E-state index in [0.717, 1.165) is 29.7 Å². The Hall–Kier alpha value is -2.70. The van der Waals surface area contributed by atoms with Crippen LogP contribution in [0.4, 0.5) is 4.79 Å². The maximum absolute atomic E-state index is 12.7. The third kappa shape index (κ3) is 6.01. The molecule has 176 valence electrons. The maximum Gasteiger partial charge on any atom is 0.410 e. The van der Waals surface area contributed by atoms with Gasteiger partial charge in [-0.3, -0.25) is 4.99 Å². The summed E-state index contributed by atoms with van der Waals surface area (Å²) in [6.07, 6.45) is 3.11. The van der Waals surface area contributed by atoms with Gasteiger partial charge in [0.05, 0.1) is 32.4 Å². The Morgan fingerprint density at radius 1 is 1.18 bits per heavy atom. The predicted molar refractivity (Wildman–Crippen MR) is 131 cm³/mol. The second-order valence-electron chi connectivity index (χ2n) is 9.88. The number of aliphatic hydroxyl groups is 1. The minimum atomic E-state index is -0.533. The average Bonchev–Trinajstić information content (AvgIpc) is 2.81. The van der Waals surface area contributed by atoms with Crippen molar-refractivity contribution in [2.75, 3.05) is 26.2 Å². The van der Waals surface area contributed by atoms with E-state index in [1.165, 1.54) is 10.8 Å². The van der Waals surface area contributed by atoms with Gasteiger partial charge in [0.1, 0.15) is 5.60 Å². The van der Waals surface area contributed by atoms with Crippen molar-refractivity contribution in [3.63, 3.8) is 0 Å². The molecule has 2 aliphatic heterocycles. The number of aliphatic hydroxyl groups excluding tert-OH is 1. The summed E-state index contributed by atoms with van der Waals surface area (Å²) in [5.41, 5.74) is 2.63. The van der Waals surface area contributed by atoms with Crippen LogP contribution >= 0.6 is 0 Å². The highest BCUT2D eigenvalue weighted by atomic mass is 16.6. The minimum Gasteiger partial charge on any atom is -0.444 e. The number of piperidine rings is 1. The zero-order chi connectivity index (χ0) is 23.4. The van der Waals surface area contributed by atoms with Crippen molar-refractivity contribution >= 4 is 22.6 Å². The number of carbonyl (C=O) groups excluding carboxylic acids is 1. The number of allylic oxidation sites excluding steroid dienone is 1. The van der Waals surface area contributed by atoms with Crippen molar-refractivity contribution in [3.05, 3.63) is 59.7 Å². The van der Waals surface area contributed by atoms with Crippen LogP contribution < -0.4 is 0 Å². The highest BCUT2D eigenvalue weighted by Gasteiger charge is 2.36. The lowest BCUT2D eigenvalue weighted by Gasteiger charge is -2.39. The first-order chi connectivity index (χ1) is 15.8. The molecule has 2 unspecified atom stereocenters. The summed E-state index contributed by atoms with van der Waals surface area (Å²) in [5.74, 6) is 0.139. The monoisotopic (exact) mass is 450 g/mol. The second kappa shape index (κ2) is 10.1. The Balaban J connectivity index is 1.49. The second-order valence-corrected chi connectivity index (χ2v) is 9.88. The van der Waals surface area contributed by atoms with Gasteiger partial charge in [0.2, 0.25) is 0 Å². The molecule has 6 heteroatoms.